The molecule has 1 aromatic carbocycles. The fourth-order valence-electron chi connectivity index (χ4n) is 2.94. The first-order chi connectivity index (χ1) is 13.0. The Hall–Kier alpha value is -2.29. The summed E-state index contributed by atoms with van der Waals surface area (Å²) in [4.78, 5) is 22.7. The molecule has 9 heteroatoms. The number of benzene rings is 1. The fraction of sp³-hybridized carbons (Fsp3) is 0.333. The van der Waals surface area contributed by atoms with Gasteiger partial charge >= 0.3 is 11.9 Å². The molecule has 1 aliphatic rings. The van der Waals surface area contributed by atoms with Crippen LogP contribution in [0.25, 0.3) is 10.4 Å². The van der Waals surface area contributed by atoms with Gasteiger partial charge in [-0.05, 0) is 43.6 Å². The standard InChI is InChI=1S/C18H19ClN2O5S/c19-14-15(26-9-13(22)23)17(18(24)25)27-16(14)10-2-1-3-12(8-10)21-11-4-6-20-7-5-11/h1-3,8,11,20-21H,4-7,9H2,(H,22,23)(H,24,25). The van der Waals surface area contributed by atoms with Crippen LogP contribution >= 0.6 is 22.9 Å². The van der Waals surface area contributed by atoms with Crippen LogP contribution in [0.1, 0.15) is 22.5 Å². The molecule has 1 fully saturated rings. The van der Waals surface area contributed by atoms with Gasteiger partial charge in [0.05, 0.1) is 4.88 Å². The van der Waals surface area contributed by atoms with Crippen LogP contribution in [0.2, 0.25) is 5.02 Å². The van der Waals surface area contributed by atoms with E-state index in [0.717, 1.165) is 48.5 Å². The molecule has 4 N–H and O–H groups in total. The molecular weight excluding hydrogens is 392 g/mol. The van der Waals surface area contributed by atoms with Crippen LogP contribution in [0, 0.1) is 0 Å². The Balaban J connectivity index is 1.89. The molecule has 1 aromatic heterocycles. The number of halogens is 1. The van der Waals surface area contributed by atoms with Crippen LogP contribution in [0.15, 0.2) is 24.3 Å². The van der Waals surface area contributed by atoms with E-state index in [1.807, 2.05) is 24.3 Å². The minimum atomic E-state index is -1.21. The lowest BCUT2D eigenvalue weighted by Crippen LogP contribution is -2.35. The van der Waals surface area contributed by atoms with Crippen LogP contribution in [0.3, 0.4) is 0 Å². The first-order valence-electron chi connectivity index (χ1n) is 8.43. The zero-order valence-electron chi connectivity index (χ0n) is 14.3. The average molecular weight is 411 g/mol. The van der Waals surface area contributed by atoms with Crippen LogP contribution in [-0.2, 0) is 4.79 Å². The Morgan fingerprint density at radius 2 is 2.04 bits per heavy atom. The zero-order chi connectivity index (χ0) is 19.4. The van der Waals surface area contributed by atoms with Crippen molar-refractivity contribution in [3.05, 3.63) is 34.2 Å². The highest BCUT2D eigenvalue weighted by atomic mass is 35.5. The first-order valence-corrected chi connectivity index (χ1v) is 9.63. The maximum absolute atomic E-state index is 11.5. The van der Waals surface area contributed by atoms with Gasteiger partial charge in [-0.3, -0.25) is 0 Å². The highest BCUT2D eigenvalue weighted by Gasteiger charge is 2.25. The number of nitrogens with one attached hydrogen (secondary N) is 2. The maximum atomic E-state index is 11.5. The Morgan fingerprint density at radius 3 is 2.70 bits per heavy atom. The number of carbonyl (C=O) groups is 2. The third kappa shape index (κ3) is 4.71. The topological polar surface area (TPSA) is 108 Å². The lowest BCUT2D eigenvalue weighted by atomic mass is 10.1. The number of ether oxygens (including phenoxy) is 1. The monoisotopic (exact) mass is 410 g/mol. The summed E-state index contributed by atoms with van der Waals surface area (Å²) in [6.45, 7) is 1.29. The highest BCUT2D eigenvalue weighted by Crippen LogP contribution is 2.45. The predicted octanol–water partition coefficient (Wildman–Crippen LogP) is 3.39. The number of piperidine rings is 1. The molecule has 0 radical (unpaired) electrons. The lowest BCUT2D eigenvalue weighted by molar-refractivity contribution is -0.139. The van der Waals surface area contributed by atoms with Crippen LogP contribution in [0.5, 0.6) is 5.75 Å². The third-order valence-electron chi connectivity index (χ3n) is 4.18. The summed E-state index contributed by atoms with van der Waals surface area (Å²) in [5, 5.41) is 25.1. The normalized spacial score (nSPS) is 14.7. The summed E-state index contributed by atoms with van der Waals surface area (Å²) >= 11 is 7.30. The number of carboxylic acids is 2. The lowest BCUT2D eigenvalue weighted by Gasteiger charge is -2.24. The molecule has 1 saturated heterocycles. The van der Waals surface area contributed by atoms with Crippen LogP contribution in [0.4, 0.5) is 5.69 Å². The van der Waals surface area contributed by atoms with Gasteiger partial charge < -0.3 is 25.6 Å². The second-order valence-corrected chi connectivity index (χ2v) is 7.54. The Morgan fingerprint density at radius 1 is 1.30 bits per heavy atom. The zero-order valence-corrected chi connectivity index (χ0v) is 15.9. The number of thiophene rings is 1. The molecule has 0 aliphatic carbocycles. The van der Waals surface area contributed by atoms with E-state index in [4.69, 9.17) is 21.4 Å². The van der Waals surface area contributed by atoms with E-state index in [0.29, 0.717) is 10.9 Å². The summed E-state index contributed by atoms with van der Waals surface area (Å²) < 4.78 is 5.12. The molecule has 2 aromatic rings. The largest absolute Gasteiger partial charge is 0.479 e. The van der Waals surface area contributed by atoms with Crippen molar-refractivity contribution >= 4 is 40.6 Å². The van der Waals surface area contributed by atoms with E-state index in [2.05, 4.69) is 10.6 Å². The van der Waals surface area contributed by atoms with Gasteiger partial charge in [0.15, 0.2) is 17.2 Å². The summed E-state index contributed by atoms with van der Waals surface area (Å²) in [6.07, 6.45) is 2.06. The number of anilines is 1. The van der Waals surface area contributed by atoms with Crippen molar-refractivity contribution in [1.29, 1.82) is 0 Å². The predicted molar refractivity (Wildman–Crippen MR) is 104 cm³/mol. The van der Waals surface area contributed by atoms with Crippen molar-refractivity contribution in [3.63, 3.8) is 0 Å². The molecule has 7 nitrogen and oxygen atoms in total. The average Bonchev–Trinajstić information content (AvgIpc) is 2.98. The number of carboxylic acid groups (broad SMARTS) is 2. The summed E-state index contributed by atoms with van der Waals surface area (Å²) in [6, 6.07) is 7.94. The summed E-state index contributed by atoms with van der Waals surface area (Å²) in [5.41, 5.74) is 1.67. The van der Waals surface area contributed by atoms with E-state index in [-0.39, 0.29) is 15.6 Å². The van der Waals surface area contributed by atoms with Crippen LogP contribution < -0.4 is 15.4 Å². The number of hydrogen-bond acceptors (Lipinski definition) is 6. The first kappa shape index (κ1) is 19.5. The van der Waals surface area contributed by atoms with Crippen molar-refractivity contribution in [3.8, 4) is 16.2 Å². The molecule has 0 atom stereocenters. The second-order valence-electron chi connectivity index (χ2n) is 6.14. The molecule has 0 spiro atoms. The second kappa shape index (κ2) is 8.60. The van der Waals surface area contributed by atoms with Crippen molar-refractivity contribution < 1.29 is 24.5 Å². The maximum Gasteiger partial charge on any atom is 0.349 e. The Bertz CT molecular complexity index is 848. The summed E-state index contributed by atoms with van der Waals surface area (Å²) in [7, 11) is 0. The van der Waals surface area contributed by atoms with E-state index in [1.165, 1.54) is 0 Å². The Kier molecular flexibility index (Phi) is 6.20. The molecular formula is C18H19ClN2O5S. The van der Waals surface area contributed by atoms with Crippen molar-refractivity contribution in [2.75, 3.05) is 25.0 Å². The van der Waals surface area contributed by atoms with Crippen LogP contribution in [-0.4, -0.2) is 47.9 Å². The highest BCUT2D eigenvalue weighted by molar-refractivity contribution is 7.18. The quantitative estimate of drug-likeness (QED) is 0.554. The number of aliphatic carboxylic acids is 1. The summed E-state index contributed by atoms with van der Waals surface area (Å²) in [5.74, 6) is -2.52. The van der Waals surface area contributed by atoms with Crippen molar-refractivity contribution in [1.82, 2.24) is 5.32 Å². The minimum absolute atomic E-state index is 0.108. The molecule has 3 rings (SSSR count). The SMILES string of the molecule is O=C(O)COc1c(C(=O)O)sc(-c2cccc(NC3CCNCC3)c2)c1Cl. The van der Waals surface area contributed by atoms with Gasteiger partial charge in [-0.25, -0.2) is 9.59 Å². The molecule has 144 valence electrons. The van der Waals surface area contributed by atoms with Gasteiger partial charge in [0.1, 0.15) is 5.02 Å². The van der Waals surface area contributed by atoms with Gasteiger partial charge in [0.2, 0.25) is 0 Å². The fourth-order valence-corrected chi connectivity index (χ4v) is 4.34. The molecule has 27 heavy (non-hydrogen) atoms. The van der Waals surface area contributed by atoms with Gasteiger partial charge in [-0.1, -0.05) is 23.7 Å². The number of hydrogen-bond donors (Lipinski definition) is 4. The number of aromatic carboxylic acids is 1. The van der Waals surface area contributed by atoms with Gasteiger partial charge in [0, 0.05) is 11.7 Å². The molecule has 1 aliphatic heterocycles. The van der Waals surface area contributed by atoms with E-state index in [1.54, 1.807) is 0 Å². The van der Waals surface area contributed by atoms with Gasteiger partial charge in [0.25, 0.3) is 0 Å². The van der Waals surface area contributed by atoms with Gasteiger partial charge in [-0.2, -0.15) is 0 Å². The van der Waals surface area contributed by atoms with E-state index < -0.39 is 18.5 Å². The van der Waals surface area contributed by atoms with Crippen molar-refractivity contribution in [2.45, 2.75) is 18.9 Å². The molecule has 2 heterocycles. The molecule has 0 bridgehead atoms. The minimum Gasteiger partial charge on any atom is -0.479 e. The number of rotatable bonds is 7. The van der Waals surface area contributed by atoms with E-state index >= 15 is 0 Å². The van der Waals surface area contributed by atoms with Gasteiger partial charge in [-0.15, -0.1) is 11.3 Å². The van der Waals surface area contributed by atoms with E-state index in [9.17, 15) is 14.7 Å². The van der Waals surface area contributed by atoms with Crippen molar-refractivity contribution in [2.24, 2.45) is 0 Å². The molecule has 0 unspecified atom stereocenters. The smallest absolute Gasteiger partial charge is 0.349 e. The Labute approximate surface area is 164 Å². The molecule has 0 saturated carbocycles. The third-order valence-corrected chi connectivity index (χ3v) is 5.86. The molecule has 0 amide bonds.